The lowest BCUT2D eigenvalue weighted by Gasteiger charge is -2.22. The third-order valence-corrected chi connectivity index (χ3v) is 5.05. The van der Waals surface area contributed by atoms with Crippen molar-refractivity contribution in [3.8, 4) is 0 Å². The van der Waals surface area contributed by atoms with Crippen molar-refractivity contribution in [3.63, 3.8) is 0 Å². The van der Waals surface area contributed by atoms with Gasteiger partial charge in [-0.2, -0.15) is 0 Å². The second kappa shape index (κ2) is 23.5. The maximum atomic E-state index is 8.45. The molecule has 0 amide bonds. The SMILES string of the molecule is ClCCCCCCCCOC1CCCCO1.OCCCCCCCCCl. The van der Waals surface area contributed by atoms with E-state index in [1.807, 2.05) is 0 Å². The Morgan fingerprint density at radius 3 is 1.77 bits per heavy atom. The van der Waals surface area contributed by atoms with E-state index in [2.05, 4.69) is 0 Å². The van der Waals surface area contributed by atoms with Gasteiger partial charge in [0.1, 0.15) is 0 Å². The zero-order chi connectivity index (χ0) is 19.1. The fourth-order valence-corrected chi connectivity index (χ4v) is 3.25. The summed E-state index contributed by atoms with van der Waals surface area (Å²) in [5.41, 5.74) is 0. The average molecular weight is 413 g/mol. The topological polar surface area (TPSA) is 38.7 Å². The van der Waals surface area contributed by atoms with Gasteiger partial charge in [0.25, 0.3) is 0 Å². The van der Waals surface area contributed by atoms with Gasteiger partial charge in [-0.3, -0.25) is 0 Å². The summed E-state index contributed by atoms with van der Waals surface area (Å²) in [6, 6.07) is 0. The molecule has 26 heavy (non-hydrogen) atoms. The monoisotopic (exact) mass is 412 g/mol. The van der Waals surface area contributed by atoms with E-state index in [0.717, 1.165) is 50.7 Å². The molecule has 1 unspecified atom stereocenters. The van der Waals surface area contributed by atoms with Gasteiger partial charge >= 0.3 is 0 Å². The molecule has 0 saturated carbocycles. The van der Waals surface area contributed by atoms with Crippen LogP contribution in [-0.2, 0) is 9.47 Å². The van der Waals surface area contributed by atoms with Crippen molar-refractivity contribution in [2.24, 2.45) is 0 Å². The number of alkyl halides is 2. The molecule has 158 valence electrons. The number of hydrogen-bond donors (Lipinski definition) is 1. The van der Waals surface area contributed by atoms with E-state index in [1.54, 1.807) is 0 Å². The predicted molar refractivity (Wildman–Crippen MR) is 113 cm³/mol. The Hall–Kier alpha value is 0.460. The van der Waals surface area contributed by atoms with Crippen molar-refractivity contribution in [3.05, 3.63) is 0 Å². The van der Waals surface area contributed by atoms with Crippen LogP contribution in [0, 0.1) is 0 Å². The molecule has 1 rings (SSSR count). The van der Waals surface area contributed by atoms with E-state index in [1.165, 1.54) is 70.6 Å². The average Bonchev–Trinajstić information content (AvgIpc) is 2.68. The molecule has 0 aromatic rings. The summed E-state index contributed by atoms with van der Waals surface area (Å²) >= 11 is 11.1. The molecule has 0 bridgehead atoms. The zero-order valence-electron chi connectivity index (χ0n) is 16.7. The van der Waals surface area contributed by atoms with Crippen LogP contribution in [-0.4, -0.2) is 43.0 Å². The maximum absolute atomic E-state index is 8.45. The second-order valence-electron chi connectivity index (χ2n) is 7.01. The second-order valence-corrected chi connectivity index (χ2v) is 7.77. The lowest BCUT2D eigenvalue weighted by Crippen LogP contribution is -2.22. The molecule has 0 aromatic heterocycles. The first-order valence-electron chi connectivity index (χ1n) is 10.8. The minimum atomic E-state index is 0.0880. The molecule has 1 aliphatic rings. The van der Waals surface area contributed by atoms with Crippen LogP contribution in [0.5, 0.6) is 0 Å². The smallest absolute Gasteiger partial charge is 0.157 e. The molecule has 1 heterocycles. The molecule has 1 N–H and O–H groups in total. The number of ether oxygens (including phenoxy) is 2. The largest absolute Gasteiger partial charge is 0.396 e. The molecular weight excluding hydrogens is 371 g/mol. The predicted octanol–water partition coefficient (Wildman–Crippen LogP) is 6.67. The molecule has 5 heteroatoms. The highest BCUT2D eigenvalue weighted by atomic mass is 35.5. The highest BCUT2D eigenvalue weighted by molar-refractivity contribution is 6.18. The normalized spacial score (nSPS) is 17.0. The first kappa shape index (κ1) is 26.5. The van der Waals surface area contributed by atoms with Crippen LogP contribution in [0.4, 0.5) is 0 Å². The van der Waals surface area contributed by atoms with Gasteiger partial charge in [0.15, 0.2) is 6.29 Å². The van der Waals surface area contributed by atoms with Crippen LogP contribution >= 0.6 is 23.2 Å². The Morgan fingerprint density at radius 1 is 0.731 bits per heavy atom. The minimum Gasteiger partial charge on any atom is -0.396 e. The van der Waals surface area contributed by atoms with Crippen LogP contribution in [0.25, 0.3) is 0 Å². The van der Waals surface area contributed by atoms with E-state index in [0.29, 0.717) is 6.61 Å². The molecule has 1 atom stereocenters. The molecular formula is C21H42Cl2O3. The van der Waals surface area contributed by atoms with Crippen molar-refractivity contribution in [1.82, 2.24) is 0 Å². The van der Waals surface area contributed by atoms with Gasteiger partial charge in [-0.1, -0.05) is 51.4 Å². The highest BCUT2D eigenvalue weighted by Gasteiger charge is 2.13. The summed E-state index contributed by atoms with van der Waals surface area (Å²) < 4.78 is 11.2. The third-order valence-electron chi connectivity index (χ3n) is 4.51. The summed E-state index contributed by atoms with van der Waals surface area (Å²) in [7, 11) is 0. The number of aliphatic hydroxyl groups excluding tert-OH is 1. The van der Waals surface area contributed by atoms with E-state index in [-0.39, 0.29) is 6.29 Å². The van der Waals surface area contributed by atoms with E-state index < -0.39 is 0 Å². The fourth-order valence-electron chi connectivity index (χ4n) is 2.87. The quantitative estimate of drug-likeness (QED) is 0.227. The maximum Gasteiger partial charge on any atom is 0.157 e. The lowest BCUT2D eigenvalue weighted by molar-refractivity contribution is -0.162. The Morgan fingerprint density at radius 2 is 1.27 bits per heavy atom. The van der Waals surface area contributed by atoms with Gasteiger partial charge in [0.2, 0.25) is 0 Å². The summed E-state index contributed by atoms with van der Waals surface area (Å²) in [5, 5.41) is 8.45. The summed E-state index contributed by atoms with van der Waals surface area (Å²) in [6.07, 6.45) is 18.1. The van der Waals surface area contributed by atoms with Crippen LogP contribution < -0.4 is 0 Å². The number of hydrogen-bond acceptors (Lipinski definition) is 3. The first-order chi connectivity index (χ1) is 12.8. The fraction of sp³-hybridized carbons (Fsp3) is 1.00. The first-order valence-corrected chi connectivity index (χ1v) is 11.9. The molecule has 1 fully saturated rings. The van der Waals surface area contributed by atoms with Gasteiger partial charge in [-0.15, -0.1) is 23.2 Å². The number of unbranched alkanes of at least 4 members (excludes halogenated alkanes) is 10. The van der Waals surface area contributed by atoms with Crippen molar-refractivity contribution in [1.29, 1.82) is 0 Å². The molecule has 0 aliphatic carbocycles. The minimum absolute atomic E-state index is 0.0880. The van der Waals surface area contributed by atoms with Gasteiger partial charge < -0.3 is 14.6 Å². The van der Waals surface area contributed by atoms with E-state index >= 15 is 0 Å². The molecule has 0 aromatic carbocycles. The Balaban J connectivity index is 0.000000541. The van der Waals surface area contributed by atoms with Crippen LogP contribution in [0.15, 0.2) is 0 Å². The van der Waals surface area contributed by atoms with Crippen molar-refractivity contribution in [2.45, 2.75) is 103 Å². The summed E-state index contributed by atoms with van der Waals surface area (Å²) in [5.74, 6) is 1.60. The number of halogens is 2. The van der Waals surface area contributed by atoms with Crippen molar-refractivity contribution >= 4 is 23.2 Å². The van der Waals surface area contributed by atoms with E-state index in [9.17, 15) is 0 Å². The van der Waals surface area contributed by atoms with Gasteiger partial charge in [-0.25, -0.2) is 0 Å². The Labute approximate surface area is 172 Å². The van der Waals surface area contributed by atoms with Gasteiger partial charge in [-0.05, 0) is 44.9 Å². The van der Waals surface area contributed by atoms with Crippen molar-refractivity contribution in [2.75, 3.05) is 31.6 Å². The van der Waals surface area contributed by atoms with Crippen LogP contribution in [0.1, 0.15) is 96.3 Å². The molecule has 1 aliphatic heterocycles. The highest BCUT2D eigenvalue weighted by Crippen LogP contribution is 2.14. The zero-order valence-corrected chi connectivity index (χ0v) is 18.3. The van der Waals surface area contributed by atoms with Gasteiger partial charge in [0, 0.05) is 31.6 Å². The molecule has 0 radical (unpaired) electrons. The number of rotatable bonds is 16. The van der Waals surface area contributed by atoms with E-state index in [4.69, 9.17) is 37.8 Å². The standard InChI is InChI=1S/C13H25ClO2.C8H17ClO/c14-10-6-3-1-2-4-7-11-15-13-9-5-8-12-16-13;9-7-5-3-1-2-4-6-8-10/h13H,1-12H2;10H,1-8H2. The lowest BCUT2D eigenvalue weighted by atomic mass is 10.1. The number of aliphatic hydroxyl groups is 1. The van der Waals surface area contributed by atoms with Crippen LogP contribution in [0.3, 0.4) is 0 Å². The molecule has 1 saturated heterocycles. The summed E-state index contributed by atoms with van der Waals surface area (Å²) in [4.78, 5) is 0. The Kier molecular flexibility index (Phi) is 23.9. The molecule has 0 spiro atoms. The summed E-state index contributed by atoms with van der Waals surface area (Å²) in [6.45, 7) is 2.08. The third kappa shape index (κ3) is 20.8. The van der Waals surface area contributed by atoms with Gasteiger partial charge in [0.05, 0.1) is 0 Å². The van der Waals surface area contributed by atoms with Crippen LogP contribution in [0.2, 0.25) is 0 Å². The van der Waals surface area contributed by atoms with Crippen molar-refractivity contribution < 1.29 is 14.6 Å². The molecule has 3 nitrogen and oxygen atoms in total. The Bertz CT molecular complexity index is 241.